The zero-order valence-electron chi connectivity index (χ0n) is 6.80. The van der Waals surface area contributed by atoms with Crippen molar-refractivity contribution in [2.75, 3.05) is 7.11 Å². The second kappa shape index (κ2) is 3.74. The zero-order chi connectivity index (χ0) is 10.0. The molecule has 0 heterocycles. The van der Waals surface area contributed by atoms with Gasteiger partial charge in [-0.2, -0.15) is 0 Å². The average molecular weight is 248 g/mol. The Kier molecular flexibility index (Phi) is 2.87. The maximum Gasteiger partial charge on any atom is 0.252 e. The number of rotatable bonds is 2. The van der Waals surface area contributed by atoms with E-state index in [1.54, 1.807) is 0 Å². The number of hydrogen-bond donors (Lipinski definition) is 1. The van der Waals surface area contributed by atoms with E-state index in [1.807, 2.05) is 0 Å². The summed E-state index contributed by atoms with van der Waals surface area (Å²) < 4.78 is 18.3. The Balaban J connectivity index is 3.38. The Morgan fingerprint density at radius 3 is 2.69 bits per heavy atom. The van der Waals surface area contributed by atoms with E-state index in [0.717, 1.165) is 0 Å². The Bertz CT molecular complexity index is 354. The SMILES string of the molecule is COc1ccc(Br)c(C(N)=O)c1F. The normalized spacial score (nSPS) is 9.77. The van der Waals surface area contributed by atoms with Gasteiger partial charge in [-0.15, -0.1) is 0 Å². The number of amides is 1. The molecule has 0 aliphatic carbocycles. The molecule has 5 heteroatoms. The Hall–Kier alpha value is -1.10. The van der Waals surface area contributed by atoms with Crippen molar-refractivity contribution in [3.05, 3.63) is 28.0 Å². The average Bonchev–Trinajstić information content (AvgIpc) is 2.04. The van der Waals surface area contributed by atoms with Crippen LogP contribution in [0.15, 0.2) is 16.6 Å². The number of primary amides is 1. The van der Waals surface area contributed by atoms with Gasteiger partial charge in [0.2, 0.25) is 0 Å². The quantitative estimate of drug-likeness (QED) is 0.865. The van der Waals surface area contributed by atoms with Crippen LogP contribution in [0.4, 0.5) is 4.39 Å². The van der Waals surface area contributed by atoms with Crippen molar-refractivity contribution in [1.82, 2.24) is 0 Å². The van der Waals surface area contributed by atoms with Crippen molar-refractivity contribution in [2.45, 2.75) is 0 Å². The Morgan fingerprint density at radius 1 is 1.62 bits per heavy atom. The molecule has 0 spiro atoms. The summed E-state index contributed by atoms with van der Waals surface area (Å²) in [6, 6.07) is 2.91. The summed E-state index contributed by atoms with van der Waals surface area (Å²) in [5.74, 6) is -1.58. The molecule has 1 aromatic carbocycles. The lowest BCUT2D eigenvalue weighted by atomic mass is 10.2. The molecule has 0 unspecified atom stereocenters. The van der Waals surface area contributed by atoms with Crippen LogP contribution in [-0.4, -0.2) is 13.0 Å². The molecule has 1 aromatic rings. The maximum atomic E-state index is 13.3. The third-order valence-electron chi connectivity index (χ3n) is 1.52. The molecule has 0 aliphatic rings. The standard InChI is InChI=1S/C8H7BrFNO2/c1-13-5-3-2-4(9)6(7(5)10)8(11)12/h2-3H,1H3,(H2,11,12). The minimum Gasteiger partial charge on any atom is -0.494 e. The van der Waals surface area contributed by atoms with E-state index in [9.17, 15) is 9.18 Å². The molecule has 0 aromatic heterocycles. The molecule has 3 nitrogen and oxygen atoms in total. The molecule has 0 radical (unpaired) electrons. The number of nitrogens with two attached hydrogens (primary N) is 1. The third kappa shape index (κ3) is 1.80. The molecule has 0 saturated carbocycles. The van der Waals surface area contributed by atoms with E-state index < -0.39 is 11.7 Å². The summed E-state index contributed by atoms with van der Waals surface area (Å²) in [5.41, 5.74) is 4.78. The number of carbonyl (C=O) groups excluding carboxylic acids is 1. The highest BCUT2D eigenvalue weighted by atomic mass is 79.9. The molecule has 0 bridgehead atoms. The number of hydrogen-bond acceptors (Lipinski definition) is 2. The fourth-order valence-corrected chi connectivity index (χ4v) is 1.42. The van der Waals surface area contributed by atoms with Crippen LogP contribution in [0.25, 0.3) is 0 Å². The fourth-order valence-electron chi connectivity index (χ4n) is 0.917. The van der Waals surface area contributed by atoms with Crippen LogP contribution in [0, 0.1) is 5.82 Å². The van der Waals surface area contributed by atoms with E-state index in [1.165, 1.54) is 19.2 Å². The van der Waals surface area contributed by atoms with Crippen LogP contribution in [0.1, 0.15) is 10.4 Å². The van der Waals surface area contributed by atoms with Crippen molar-refractivity contribution in [3.63, 3.8) is 0 Å². The topological polar surface area (TPSA) is 52.3 Å². The van der Waals surface area contributed by atoms with Crippen LogP contribution < -0.4 is 10.5 Å². The van der Waals surface area contributed by atoms with E-state index in [0.29, 0.717) is 4.47 Å². The predicted molar refractivity (Wildman–Crippen MR) is 49.2 cm³/mol. The van der Waals surface area contributed by atoms with Gasteiger partial charge in [0, 0.05) is 4.47 Å². The summed E-state index contributed by atoms with van der Waals surface area (Å²) >= 11 is 3.01. The lowest BCUT2D eigenvalue weighted by Gasteiger charge is -2.06. The van der Waals surface area contributed by atoms with Gasteiger partial charge in [-0.1, -0.05) is 0 Å². The molecule has 0 aliphatic heterocycles. The molecule has 0 fully saturated rings. The van der Waals surface area contributed by atoms with Crippen LogP contribution in [0.3, 0.4) is 0 Å². The van der Waals surface area contributed by atoms with Gasteiger partial charge in [-0.05, 0) is 28.1 Å². The van der Waals surface area contributed by atoms with Crippen LogP contribution in [0.2, 0.25) is 0 Å². The zero-order valence-corrected chi connectivity index (χ0v) is 8.39. The second-order valence-corrected chi connectivity index (χ2v) is 3.16. The van der Waals surface area contributed by atoms with Gasteiger partial charge in [-0.25, -0.2) is 4.39 Å². The predicted octanol–water partition coefficient (Wildman–Crippen LogP) is 1.70. The summed E-state index contributed by atoms with van der Waals surface area (Å²) in [7, 11) is 1.32. The number of methoxy groups -OCH3 is 1. The molecule has 13 heavy (non-hydrogen) atoms. The lowest BCUT2D eigenvalue weighted by molar-refractivity contribution is 0.0995. The van der Waals surface area contributed by atoms with E-state index in [-0.39, 0.29) is 11.3 Å². The first-order valence-electron chi connectivity index (χ1n) is 3.39. The number of carbonyl (C=O) groups is 1. The molecular weight excluding hydrogens is 241 g/mol. The van der Waals surface area contributed by atoms with Gasteiger partial charge in [0.05, 0.1) is 12.7 Å². The second-order valence-electron chi connectivity index (χ2n) is 2.30. The molecule has 2 N–H and O–H groups in total. The Labute approximate surface area is 82.8 Å². The third-order valence-corrected chi connectivity index (χ3v) is 2.18. The summed E-state index contributed by atoms with van der Waals surface area (Å²) in [4.78, 5) is 10.8. The minimum atomic E-state index is -0.830. The summed E-state index contributed by atoms with van der Waals surface area (Å²) in [5, 5.41) is 0. The smallest absolute Gasteiger partial charge is 0.252 e. The van der Waals surface area contributed by atoms with Crippen molar-refractivity contribution >= 4 is 21.8 Å². The first kappa shape index (κ1) is 9.98. The highest BCUT2D eigenvalue weighted by Gasteiger charge is 2.16. The minimum absolute atomic E-state index is 0.00278. The van der Waals surface area contributed by atoms with Crippen LogP contribution in [-0.2, 0) is 0 Å². The molecular formula is C8H7BrFNO2. The lowest BCUT2D eigenvalue weighted by Crippen LogP contribution is -2.14. The largest absolute Gasteiger partial charge is 0.494 e. The number of ether oxygens (including phenoxy) is 1. The molecule has 1 rings (SSSR count). The van der Waals surface area contributed by atoms with Crippen molar-refractivity contribution in [2.24, 2.45) is 5.73 Å². The van der Waals surface area contributed by atoms with Gasteiger partial charge >= 0.3 is 0 Å². The molecule has 0 saturated heterocycles. The van der Waals surface area contributed by atoms with Gasteiger partial charge in [-0.3, -0.25) is 4.79 Å². The van der Waals surface area contributed by atoms with Crippen molar-refractivity contribution in [1.29, 1.82) is 0 Å². The molecule has 1 amide bonds. The summed E-state index contributed by atoms with van der Waals surface area (Å²) in [6.45, 7) is 0. The van der Waals surface area contributed by atoms with Crippen LogP contribution >= 0.6 is 15.9 Å². The Morgan fingerprint density at radius 2 is 2.23 bits per heavy atom. The highest BCUT2D eigenvalue weighted by Crippen LogP contribution is 2.26. The maximum absolute atomic E-state index is 13.3. The highest BCUT2D eigenvalue weighted by molar-refractivity contribution is 9.10. The van der Waals surface area contributed by atoms with Gasteiger partial charge in [0.1, 0.15) is 0 Å². The fraction of sp³-hybridized carbons (Fsp3) is 0.125. The number of benzene rings is 1. The van der Waals surface area contributed by atoms with Gasteiger partial charge in [0.15, 0.2) is 11.6 Å². The van der Waals surface area contributed by atoms with Crippen molar-refractivity contribution in [3.8, 4) is 5.75 Å². The monoisotopic (exact) mass is 247 g/mol. The first-order valence-corrected chi connectivity index (χ1v) is 4.19. The van der Waals surface area contributed by atoms with Gasteiger partial charge < -0.3 is 10.5 Å². The number of halogens is 2. The molecule has 0 atom stereocenters. The van der Waals surface area contributed by atoms with E-state index in [4.69, 9.17) is 5.73 Å². The van der Waals surface area contributed by atoms with Crippen LogP contribution in [0.5, 0.6) is 5.75 Å². The van der Waals surface area contributed by atoms with E-state index in [2.05, 4.69) is 20.7 Å². The summed E-state index contributed by atoms with van der Waals surface area (Å²) in [6.07, 6.45) is 0. The molecule has 70 valence electrons. The van der Waals surface area contributed by atoms with Crippen molar-refractivity contribution < 1.29 is 13.9 Å². The van der Waals surface area contributed by atoms with Gasteiger partial charge in [0.25, 0.3) is 5.91 Å². The first-order chi connectivity index (χ1) is 6.07. The van der Waals surface area contributed by atoms with E-state index >= 15 is 0 Å².